The second kappa shape index (κ2) is 10.0. The Hall–Kier alpha value is -4.12. The zero-order valence-corrected chi connectivity index (χ0v) is 18.9. The molecule has 0 saturated carbocycles. The van der Waals surface area contributed by atoms with Gasteiger partial charge in [0.05, 0.1) is 12.3 Å². The lowest BCUT2D eigenvalue weighted by molar-refractivity contribution is -0.274. The maximum Gasteiger partial charge on any atom is 0.573 e. The lowest BCUT2D eigenvalue weighted by Gasteiger charge is -2.15. The van der Waals surface area contributed by atoms with Gasteiger partial charge in [-0.3, -0.25) is 14.7 Å². The molecule has 0 fully saturated rings. The van der Waals surface area contributed by atoms with Crippen molar-refractivity contribution in [3.05, 3.63) is 77.7 Å². The minimum atomic E-state index is -4.87. The van der Waals surface area contributed by atoms with Crippen LogP contribution in [0.5, 0.6) is 5.75 Å². The van der Waals surface area contributed by atoms with E-state index < -0.39 is 18.1 Å². The molecule has 2 heterocycles. The van der Waals surface area contributed by atoms with Crippen molar-refractivity contribution in [2.45, 2.75) is 26.4 Å². The number of nitrogens with one attached hydrogen (secondary N) is 2. The van der Waals surface area contributed by atoms with Crippen molar-refractivity contribution in [1.82, 2.24) is 19.7 Å². The molecule has 0 bridgehead atoms. The molecule has 182 valence electrons. The number of carbonyl (C=O) groups excluding carboxylic acids is 1. The van der Waals surface area contributed by atoms with Crippen LogP contribution in [0.2, 0.25) is 0 Å². The summed E-state index contributed by atoms with van der Waals surface area (Å²) < 4.78 is 49.4. The van der Waals surface area contributed by atoms with Gasteiger partial charge in [0.15, 0.2) is 5.65 Å². The first kappa shape index (κ1) is 24.0. The number of urea groups is 1. The van der Waals surface area contributed by atoms with Crippen LogP contribution in [-0.2, 0) is 17.9 Å². The zero-order valence-electron chi connectivity index (χ0n) is 18.9. The average molecular weight is 485 g/mol. The summed E-state index contributed by atoms with van der Waals surface area (Å²) in [6, 6.07) is 12.8. The first-order chi connectivity index (χ1) is 16.7. The van der Waals surface area contributed by atoms with Crippen molar-refractivity contribution in [2.75, 3.05) is 12.4 Å². The molecule has 2 aromatic heterocycles. The van der Waals surface area contributed by atoms with Crippen LogP contribution in [0.4, 0.5) is 23.8 Å². The Bertz CT molecular complexity index is 1340. The van der Waals surface area contributed by atoms with Crippen molar-refractivity contribution in [1.29, 1.82) is 0 Å². The molecule has 8 nitrogen and oxygen atoms in total. The predicted molar refractivity (Wildman–Crippen MR) is 123 cm³/mol. The maximum absolute atomic E-state index is 12.8. The molecular formula is C24H22F3N5O3. The van der Waals surface area contributed by atoms with Gasteiger partial charge < -0.3 is 14.8 Å². The molecular weight excluding hydrogens is 463 g/mol. The van der Waals surface area contributed by atoms with Gasteiger partial charge in [-0.25, -0.2) is 9.78 Å². The van der Waals surface area contributed by atoms with E-state index in [1.165, 1.54) is 25.3 Å². The number of nitrogens with zero attached hydrogens (tertiary/aromatic N) is 3. The summed E-state index contributed by atoms with van der Waals surface area (Å²) in [5, 5.41) is 5.37. The summed E-state index contributed by atoms with van der Waals surface area (Å²) in [6.45, 7) is 1.78. The molecule has 4 aromatic rings. The molecule has 0 unspecified atom stereocenters. The molecule has 0 radical (unpaired) electrons. The van der Waals surface area contributed by atoms with Crippen LogP contribution >= 0.6 is 0 Å². The van der Waals surface area contributed by atoms with Crippen LogP contribution in [0.3, 0.4) is 0 Å². The van der Waals surface area contributed by atoms with Crippen LogP contribution in [0, 0.1) is 6.92 Å². The van der Waals surface area contributed by atoms with Crippen LogP contribution in [-0.4, -0.2) is 33.9 Å². The number of aromatic nitrogens is 3. The van der Waals surface area contributed by atoms with E-state index in [0.717, 1.165) is 5.56 Å². The molecule has 4 rings (SSSR count). The molecule has 35 heavy (non-hydrogen) atoms. The van der Waals surface area contributed by atoms with Gasteiger partial charge in [-0.15, -0.1) is 13.2 Å². The Kier molecular flexibility index (Phi) is 6.87. The van der Waals surface area contributed by atoms with Crippen LogP contribution in [0.1, 0.15) is 16.8 Å². The fourth-order valence-electron chi connectivity index (χ4n) is 3.60. The first-order valence-corrected chi connectivity index (χ1v) is 10.6. The predicted octanol–water partition coefficient (Wildman–Crippen LogP) is 5.07. The Balaban J connectivity index is 1.60. The third-order valence-electron chi connectivity index (χ3n) is 5.10. The number of fused-ring (bicyclic) bond motifs is 1. The van der Waals surface area contributed by atoms with Gasteiger partial charge in [-0.1, -0.05) is 36.4 Å². The number of hydrogen-bond acceptors (Lipinski definition) is 5. The molecule has 0 spiro atoms. The Morgan fingerprint density at radius 1 is 1.14 bits per heavy atom. The molecule has 2 aromatic carbocycles. The number of ether oxygens (including phenoxy) is 2. The minimum Gasteiger partial charge on any atom is -0.405 e. The average Bonchev–Trinajstić information content (AvgIpc) is 3.18. The molecule has 0 aliphatic heterocycles. The number of aryl methyl sites for hydroxylation is 1. The topological polar surface area (TPSA) is 89.8 Å². The second-order valence-electron chi connectivity index (χ2n) is 7.61. The fourth-order valence-corrected chi connectivity index (χ4v) is 3.60. The Morgan fingerprint density at radius 3 is 2.63 bits per heavy atom. The van der Waals surface area contributed by atoms with E-state index in [2.05, 4.69) is 25.3 Å². The van der Waals surface area contributed by atoms with Crippen molar-refractivity contribution >= 4 is 17.5 Å². The van der Waals surface area contributed by atoms with Crippen molar-refractivity contribution in [3.8, 4) is 17.0 Å². The quantitative estimate of drug-likeness (QED) is 0.382. The number of methoxy groups -OCH3 is 1. The molecule has 0 aliphatic carbocycles. The van der Waals surface area contributed by atoms with E-state index in [9.17, 15) is 18.0 Å². The number of carbonyl (C=O) groups is 1. The highest BCUT2D eigenvalue weighted by Crippen LogP contribution is 2.30. The lowest BCUT2D eigenvalue weighted by atomic mass is 10.1. The number of rotatable bonds is 7. The van der Waals surface area contributed by atoms with Crippen LogP contribution in [0.15, 0.2) is 60.9 Å². The summed E-state index contributed by atoms with van der Waals surface area (Å²) in [7, 11) is 1.48. The minimum absolute atomic E-state index is 0.147. The third-order valence-corrected chi connectivity index (χ3v) is 5.10. The Labute approximate surface area is 198 Å². The van der Waals surface area contributed by atoms with E-state index in [1.807, 2.05) is 30.3 Å². The summed E-state index contributed by atoms with van der Waals surface area (Å²) >= 11 is 0. The van der Waals surface area contributed by atoms with Crippen molar-refractivity contribution in [3.63, 3.8) is 0 Å². The monoisotopic (exact) mass is 485 g/mol. The number of alkyl halides is 3. The highest BCUT2D eigenvalue weighted by Gasteiger charge is 2.32. The number of benzene rings is 2. The number of halogens is 3. The molecule has 0 atom stereocenters. The van der Waals surface area contributed by atoms with Gasteiger partial charge in [0, 0.05) is 37.2 Å². The van der Waals surface area contributed by atoms with E-state index in [0.29, 0.717) is 28.4 Å². The van der Waals surface area contributed by atoms with Crippen molar-refractivity contribution in [2.24, 2.45) is 0 Å². The van der Waals surface area contributed by atoms with E-state index >= 15 is 0 Å². The summed E-state index contributed by atoms with van der Waals surface area (Å²) in [5.41, 5.74) is 3.32. The fraction of sp³-hybridized carbons (Fsp3) is 0.208. The van der Waals surface area contributed by atoms with E-state index in [-0.39, 0.29) is 18.7 Å². The maximum atomic E-state index is 12.8. The zero-order chi connectivity index (χ0) is 25.0. The summed E-state index contributed by atoms with van der Waals surface area (Å²) in [5.74, 6) is -0.00627. The molecule has 0 aliphatic rings. The first-order valence-electron chi connectivity index (χ1n) is 10.6. The Morgan fingerprint density at radius 2 is 1.91 bits per heavy atom. The van der Waals surface area contributed by atoms with Crippen LogP contribution in [0.25, 0.3) is 16.9 Å². The second-order valence-corrected chi connectivity index (χ2v) is 7.61. The molecule has 2 N–H and O–H groups in total. The standard InChI is InChI=1S/C24H22F3N5O3/c1-15-21-30-20(17-6-4-3-5-7-17)22(32(21)11-10-28-15)31-23(33)29-13-18-12-16(14-34-2)8-9-19(18)35-24(25,26)27/h3-12H,13-14H2,1-2H3,(H2,29,31,33). The number of imidazole rings is 1. The largest absolute Gasteiger partial charge is 0.573 e. The number of hydrogen-bond donors (Lipinski definition) is 2. The number of amides is 2. The van der Waals surface area contributed by atoms with Gasteiger partial charge in [0.25, 0.3) is 0 Å². The molecule has 0 saturated heterocycles. The molecule has 11 heteroatoms. The summed E-state index contributed by atoms with van der Waals surface area (Å²) in [4.78, 5) is 21.7. The highest BCUT2D eigenvalue weighted by atomic mass is 19.4. The van der Waals surface area contributed by atoms with Gasteiger partial charge in [-0.05, 0) is 24.6 Å². The van der Waals surface area contributed by atoms with E-state index in [1.54, 1.807) is 23.7 Å². The highest BCUT2D eigenvalue weighted by molar-refractivity contribution is 5.93. The van der Waals surface area contributed by atoms with Gasteiger partial charge >= 0.3 is 12.4 Å². The number of anilines is 1. The van der Waals surface area contributed by atoms with Gasteiger partial charge in [-0.2, -0.15) is 0 Å². The smallest absolute Gasteiger partial charge is 0.405 e. The normalized spacial score (nSPS) is 11.5. The van der Waals surface area contributed by atoms with E-state index in [4.69, 9.17) is 4.74 Å². The lowest BCUT2D eigenvalue weighted by Crippen LogP contribution is -2.29. The van der Waals surface area contributed by atoms with Crippen LogP contribution < -0.4 is 15.4 Å². The molecule has 2 amide bonds. The van der Waals surface area contributed by atoms with Crippen molar-refractivity contribution < 1.29 is 27.4 Å². The summed E-state index contributed by atoms with van der Waals surface area (Å²) in [6.07, 6.45) is -1.61. The third kappa shape index (κ3) is 5.69. The SMILES string of the molecule is COCc1ccc(OC(F)(F)F)c(CNC(=O)Nc2c(-c3ccccc3)nc3c(C)nccn23)c1. The van der Waals surface area contributed by atoms with Gasteiger partial charge in [0.1, 0.15) is 17.3 Å². The van der Waals surface area contributed by atoms with Gasteiger partial charge in [0.2, 0.25) is 0 Å².